The molecule has 0 spiro atoms. The van der Waals surface area contributed by atoms with Gasteiger partial charge in [0.15, 0.2) is 5.05 Å². The van der Waals surface area contributed by atoms with Crippen molar-refractivity contribution in [1.82, 2.24) is 0 Å². The number of hydrogen-bond acceptors (Lipinski definition) is 2. The summed E-state index contributed by atoms with van der Waals surface area (Å²) in [6.45, 7) is 2.54. The molecule has 0 aliphatic carbocycles. The van der Waals surface area contributed by atoms with Crippen molar-refractivity contribution < 1.29 is 21.8 Å². The van der Waals surface area contributed by atoms with Crippen molar-refractivity contribution in [2.45, 2.75) is 19.8 Å². The fourth-order valence-corrected chi connectivity index (χ4v) is 1.48. The van der Waals surface area contributed by atoms with Gasteiger partial charge in [-0.05, 0) is 25.1 Å². The maximum absolute atomic E-state index is 5.17. The van der Waals surface area contributed by atoms with E-state index < -0.39 is 0 Å². The molecule has 0 radical (unpaired) electrons. The zero-order chi connectivity index (χ0) is 12.3. The molecule has 0 amide bonds. The second-order valence-electron chi connectivity index (χ2n) is 3.70. The number of aryl methyl sites for hydroxylation is 1. The van der Waals surface area contributed by atoms with Gasteiger partial charge in [-0.3, -0.25) is 0 Å². The predicted molar refractivity (Wildman–Crippen MR) is 76.6 cm³/mol. The molecule has 0 bridgehead atoms. The first-order valence-corrected chi connectivity index (χ1v) is 6.20. The van der Waals surface area contributed by atoms with Gasteiger partial charge in [0.25, 0.3) is 0 Å². The zero-order valence-electron chi connectivity index (χ0n) is 10.5. The third-order valence-corrected chi connectivity index (χ3v) is 2.32. The first kappa shape index (κ1) is 17.1. The zero-order valence-corrected chi connectivity index (χ0v) is 12.4. The van der Waals surface area contributed by atoms with Crippen LogP contribution in [0.5, 0.6) is 0 Å². The van der Waals surface area contributed by atoms with Crippen molar-refractivity contribution in [3.8, 4) is 0 Å². The van der Waals surface area contributed by atoms with Gasteiger partial charge in [-0.25, -0.2) is 24.3 Å². The third-order valence-electron chi connectivity index (χ3n) is 2.20. The second-order valence-corrected chi connectivity index (χ2v) is 4.27. The van der Waals surface area contributed by atoms with Gasteiger partial charge in [-0.1, -0.05) is 0 Å². The monoisotopic (exact) mass is 302 g/mol. The second kappa shape index (κ2) is 11.2. The van der Waals surface area contributed by atoms with Crippen LogP contribution in [-0.2, 0) is 28.2 Å². The SMILES string of the molecule is CC(=S)OCCCc1ccc[cH-]1.[Fe+2].c1cc[cH-]c1. The maximum atomic E-state index is 5.17. The quantitative estimate of drug-likeness (QED) is 0.364. The van der Waals surface area contributed by atoms with Gasteiger partial charge in [0.1, 0.15) is 0 Å². The normalized spacial score (nSPS) is 8.72. The van der Waals surface area contributed by atoms with Crippen LogP contribution < -0.4 is 0 Å². The summed E-state index contributed by atoms with van der Waals surface area (Å²) in [5, 5.41) is 0.637. The maximum Gasteiger partial charge on any atom is 2.00 e. The summed E-state index contributed by atoms with van der Waals surface area (Å²) in [6, 6.07) is 18.4. The molecule has 18 heavy (non-hydrogen) atoms. The molecule has 0 fully saturated rings. The van der Waals surface area contributed by atoms with E-state index in [1.165, 1.54) is 5.56 Å². The molecular weight excluding hydrogens is 284 g/mol. The van der Waals surface area contributed by atoms with Gasteiger partial charge in [-0.15, -0.1) is 0 Å². The molecule has 0 aromatic heterocycles. The Hall–Kier alpha value is -0.891. The van der Waals surface area contributed by atoms with Crippen LogP contribution in [0.4, 0.5) is 0 Å². The molecule has 0 saturated carbocycles. The molecule has 2 aromatic rings. The first-order valence-electron chi connectivity index (χ1n) is 5.79. The topological polar surface area (TPSA) is 9.23 Å². The summed E-state index contributed by atoms with van der Waals surface area (Å²) in [6.07, 6.45) is 2.12. The molecule has 2 rings (SSSR count). The van der Waals surface area contributed by atoms with Crippen LogP contribution in [0.1, 0.15) is 18.9 Å². The minimum Gasteiger partial charge on any atom is -0.487 e. The van der Waals surface area contributed by atoms with Gasteiger partial charge >= 0.3 is 17.1 Å². The fraction of sp³-hybridized carbons (Fsp3) is 0.267. The number of hydrogen-bond donors (Lipinski definition) is 0. The first-order chi connectivity index (χ1) is 8.29. The van der Waals surface area contributed by atoms with Crippen molar-refractivity contribution in [2.24, 2.45) is 0 Å². The number of ether oxygens (including phenoxy) is 1. The van der Waals surface area contributed by atoms with Crippen LogP contribution in [0.25, 0.3) is 0 Å². The Morgan fingerprint density at radius 2 is 1.94 bits per heavy atom. The standard InChI is InChI=1S/C10H13OS.C5H5.Fe/c1-9(12)11-8-4-7-10-5-2-3-6-10;1-2-4-5-3-1;/h2-3,5-6H,4,7-8H2,1H3;1-5H;/q2*-1;+2. The van der Waals surface area contributed by atoms with Crippen molar-refractivity contribution in [3.05, 3.63) is 60.2 Å². The average Bonchev–Trinajstić information content (AvgIpc) is 2.99. The molecule has 0 N–H and O–H groups in total. The van der Waals surface area contributed by atoms with Crippen LogP contribution in [0.2, 0.25) is 0 Å². The molecule has 0 atom stereocenters. The van der Waals surface area contributed by atoms with E-state index in [0.29, 0.717) is 5.05 Å². The Morgan fingerprint density at radius 3 is 2.39 bits per heavy atom. The molecule has 3 heteroatoms. The van der Waals surface area contributed by atoms with Gasteiger partial charge < -0.3 is 4.74 Å². The van der Waals surface area contributed by atoms with E-state index in [-0.39, 0.29) is 17.1 Å². The van der Waals surface area contributed by atoms with Crippen LogP contribution in [0.15, 0.2) is 54.6 Å². The van der Waals surface area contributed by atoms with Crippen molar-refractivity contribution in [2.75, 3.05) is 6.61 Å². The molecule has 0 unspecified atom stereocenters. The fourth-order valence-electron chi connectivity index (χ4n) is 1.39. The summed E-state index contributed by atoms with van der Waals surface area (Å²) in [5.74, 6) is 0. The number of thiocarbonyl (C=S) groups is 1. The minimum atomic E-state index is 0. The predicted octanol–water partition coefficient (Wildman–Crippen LogP) is 4.11. The van der Waals surface area contributed by atoms with E-state index in [0.717, 1.165) is 19.4 Å². The van der Waals surface area contributed by atoms with Crippen LogP contribution >= 0.6 is 12.2 Å². The van der Waals surface area contributed by atoms with Crippen molar-refractivity contribution in [1.29, 1.82) is 0 Å². The summed E-state index contributed by atoms with van der Waals surface area (Å²) in [4.78, 5) is 0. The van der Waals surface area contributed by atoms with Gasteiger partial charge in [0, 0.05) is 6.92 Å². The summed E-state index contributed by atoms with van der Waals surface area (Å²) in [5.41, 5.74) is 1.38. The van der Waals surface area contributed by atoms with E-state index in [9.17, 15) is 0 Å². The molecule has 98 valence electrons. The third kappa shape index (κ3) is 9.17. The largest absolute Gasteiger partial charge is 2.00 e. The molecule has 0 heterocycles. The molecule has 0 aliphatic heterocycles. The van der Waals surface area contributed by atoms with Crippen LogP contribution in [-0.4, -0.2) is 11.7 Å². The smallest absolute Gasteiger partial charge is 0.487 e. The van der Waals surface area contributed by atoms with Gasteiger partial charge in [0.05, 0.1) is 6.61 Å². The Bertz CT molecular complexity index is 361. The summed E-state index contributed by atoms with van der Waals surface area (Å²) < 4.78 is 5.17. The molecular formula is C15H18FeOS. The Labute approximate surface area is 125 Å². The summed E-state index contributed by atoms with van der Waals surface area (Å²) in [7, 11) is 0. The van der Waals surface area contributed by atoms with Gasteiger partial charge in [-0.2, -0.15) is 35.9 Å². The van der Waals surface area contributed by atoms with Crippen molar-refractivity contribution in [3.63, 3.8) is 0 Å². The molecule has 2 aromatic carbocycles. The van der Waals surface area contributed by atoms with E-state index in [1.54, 1.807) is 6.92 Å². The van der Waals surface area contributed by atoms with E-state index in [2.05, 4.69) is 24.3 Å². The molecule has 0 saturated heterocycles. The van der Waals surface area contributed by atoms with Gasteiger partial charge in [0.2, 0.25) is 0 Å². The minimum absolute atomic E-state index is 0. The Morgan fingerprint density at radius 1 is 1.22 bits per heavy atom. The summed E-state index contributed by atoms with van der Waals surface area (Å²) >= 11 is 4.79. The van der Waals surface area contributed by atoms with Crippen LogP contribution in [0, 0.1) is 0 Å². The Kier molecular flexibility index (Phi) is 10.7. The van der Waals surface area contributed by atoms with E-state index >= 15 is 0 Å². The van der Waals surface area contributed by atoms with Crippen LogP contribution in [0.3, 0.4) is 0 Å². The average molecular weight is 302 g/mol. The van der Waals surface area contributed by atoms with Crippen molar-refractivity contribution >= 4 is 17.3 Å². The molecule has 1 nitrogen and oxygen atoms in total. The molecule has 0 aliphatic rings. The number of rotatable bonds is 4. The van der Waals surface area contributed by atoms with E-state index in [1.807, 2.05) is 30.3 Å². The Balaban J connectivity index is 0.000000405. The van der Waals surface area contributed by atoms with E-state index in [4.69, 9.17) is 17.0 Å².